The van der Waals surface area contributed by atoms with Gasteiger partial charge in [0.05, 0.1) is 32.3 Å². The highest BCUT2D eigenvalue weighted by atomic mass is 16.3. The van der Waals surface area contributed by atoms with E-state index in [1.807, 2.05) is 0 Å². The average molecular weight is 273 g/mol. The Bertz CT molecular complexity index is 248. The summed E-state index contributed by atoms with van der Waals surface area (Å²) in [6, 6.07) is 0. The van der Waals surface area contributed by atoms with Crippen LogP contribution in [0.2, 0.25) is 0 Å². The SMILES string of the molecule is CC(C)(C)CC(O)CNCCC[N+](C)(C)C(C)(C)C. The van der Waals surface area contributed by atoms with Gasteiger partial charge in [0, 0.05) is 19.5 Å². The molecule has 0 fully saturated rings. The van der Waals surface area contributed by atoms with Gasteiger partial charge in [-0.3, -0.25) is 0 Å². The molecule has 0 aliphatic rings. The van der Waals surface area contributed by atoms with Crippen molar-refractivity contribution in [3.63, 3.8) is 0 Å². The average Bonchev–Trinajstić information content (AvgIpc) is 2.11. The van der Waals surface area contributed by atoms with E-state index in [1.54, 1.807) is 0 Å². The van der Waals surface area contributed by atoms with Gasteiger partial charge in [0.2, 0.25) is 0 Å². The highest BCUT2D eigenvalue weighted by molar-refractivity contribution is 4.70. The molecule has 0 rings (SSSR count). The summed E-state index contributed by atoms with van der Waals surface area (Å²) in [5.74, 6) is 0. The molecule has 0 aliphatic heterocycles. The molecule has 0 saturated carbocycles. The lowest BCUT2D eigenvalue weighted by atomic mass is 9.89. The van der Waals surface area contributed by atoms with Crippen molar-refractivity contribution in [2.75, 3.05) is 33.7 Å². The molecular formula is C16H37N2O+. The van der Waals surface area contributed by atoms with Crippen molar-refractivity contribution in [3.8, 4) is 0 Å². The maximum Gasteiger partial charge on any atom is 0.0903 e. The Kier molecular flexibility index (Phi) is 7.01. The molecule has 2 N–H and O–H groups in total. The van der Waals surface area contributed by atoms with Crippen LogP contribution in [-0.2, 0) is 0 Å². The molecule has 19 heavy (non-hydrogen) atoms. The first-order valence-corrected chi connectivity index (χ1v) is 7.57. The van der Waals surface area contributed by atoms with Crippen LogP contribution in [0.3, 0.4) is 0 Å². The Morgan fingerprint density at radius 1 is 1.05 bits per heavy atom. The van der Waals surface area contributed by atoms with Gasteiger partial charge in [0.15, 0.2) is 0 Å². The van der Waals surface area contributed by atoms with Crippen LogP contribution in [0.15, 0.2) is 0 Å². The van der Waals surface area contributed by atoms with Crippen molar-refractivity contribution in [3.05, 3.63) is 0 Å². The standard InChI is InChI=1S/C16H37N2O/c1-15(2,3)12-14(19)13-17-10-9-11-18(7,8)16(4,5)6/h14,17,19H,9-13H2,1-8H3/q+1. The molecule has 0 aromatic rings. The molecule has 0 radical (unpaired) electrons. The molecule has 0 heterocycles. The third-order valence-electron chi connectivity index (χ3n) is 4.11. The van der Waals surface area contributed by atoms with Crippen LogP contribution in [-0.4, -0.2) is 55.0 Å². The zero-order chi connectivity index (χ0) is 15.3. The molecule has 0 amide bonds. The lowest BCUT2D eigenvalue weighted by Crippen LogP contribution is -2.55. The molecule has 0 saturated heterocycles. The quantitative estimate of drug-likeness (QED) is 0.552. The number of nitrogens with one attached hydrogen (secondary N) is 1. The van der Waals surface area contributed by atoms with Gasteiger partial charge in [0.25, 0.3) is 0 Å². The third-order valence-corrected chi connectivity index (χ3v) is 4.11. The van der Waals surface area contributed by atoms with Gasteiger partial charge >= 0.3 is 0 Å². The minimum absolute atomic E-state index is 0.201. The topological polar surface area (TPSA) is 32.3 Å². The fourth-order valence-corrected chi connectivity index (χ4v) is 1.98. The molecular weight excluding hydrogens is 236 g/mol. The minimum Gasteiger partial charge on any atom is -0.392 e. The Morgan fingerprint density at radius 3 is 2.00 bits per heavy atom. The summed E-state index contributed by atoms with van der Waals surface area (Å²) in [5.41, 5.74) is 0.484. The van der Waals surface area contributed by atoms with Gasteiger partial charge in [0.1, 0.15) is 0 Å². The summed E-state index contributed by atoms with van der Waals surface area (Å²) in [5, 5.41) is 13.3. The molecule has 0 aliphatic carbocycles. The first-order valence-electron chi connectivity index (χ1n) is 7.57. The zero-order valence-electron chi connectivity index (χ0n) is 14.5. The second-order valence-corrected chi connectivity index (χ2v) is 8.56. The van der Waals surface area contributed by atoms with E-state index in [0.29, 0.717) is 6.54 Å². The molecule has 0 spiro atoms. The van der Waals surface area contributed by atoms with Crippen LogP contribution in [0, 0.1) is 5.41 Å². The van der Waals surface area contributed by atoms with Crippen LogP contribution in [0.1, 0.15) is 54.4 Å². The van der Waals surface area contributed by atoms with Crippen molar-refractivity contribution < 1.29 is 9.59 Å². The summed E-state index contributed by atoms with van der Waals surface area (Å²) in [6.45, 7) is 16.2. The second-order valence-electron chi connectivity index (χ2n) is 8.56. The number of nitrogens with zero attached hydrogens (tertiary/aromatic N) is 1. The monoisotopic (exact) mass is 273 g/mol. The van der Waals surface area contributed by atoms with Crippen LogP contribution < -0.4 is 5.32 Å². The molecule has 3 nitrogen and oxygen atoms in total. The predicted octanol–water partition coefficient (Wildman–Crippen LogP) is 2.64. The van der Waals surface area contributed by atoms with Crippen LogP contribution >= 0.6 is 0 Å². The summed E-state index contributed by atoms with van der Waals surface area (Å²) in [6.07, 6.45) is 1.76. The Labute approximate surface area is 121 Å². The van der Waals surface area contributed by atoms with E-state index >= 15 is 0 Å². The van der Waals surface area contributed by atoms with E-state index in [4.69, 9.17) is 0 Å². The lowest BCUT2D eigenvalue weighted by Gasteiger charge is -2.42. The molecule has 0 aromatic carbocycles. The normalized spacial score (nSPS) is 15.6. The number of hydrogen-bond acceptors (Lipinski definition) is 2. The highest BCUT2D eigenvalue weighted by Gasteiger charge is 2.30. The van der Waals surface area contributed by atoms with Gasteiger partial charge in [-0.05, 0) is 32.6 Å². The number of aliphatic hydroxyl groups is 1. The molecule has 0 bridgehead atoms. The fraction of sp³-hybridized carbons (Fsp3) is 1.00. The number of rotatable bonds is 7. The van der Waals surface area contributed by atoms with Crippen LogP contribution in [0.5, 0.6) is 0 Å². The minimum atomic E-state index is -0.231. The summed E-state index contributed by atoms with van der Waals surface area (Å²) in [7, 11) is 4.57. The van der Waals surface area contributed by atoms with E-state index < -0.39 is 0 Å². The van der Waals surface area contributed by atoms with Gasteiger partial charge in [-0.2, -0.15) is 0 Å². The Balaban J connectivity index is 3.77. The zero-order valence-corrected chi connectivity index (χ0v) is 14.5. The van der Waals surface area contributed by atoms with Gasteiger partial charge in [-0.1, -0.05) is 20.8 Å². The summed E-state index contributed by atoms with van der Waals surface area (Å²) < 4.78 is 1.03. The largest absolute Gasteiger partial charge is 0.392 e. The van der Waals surface area contributed by atoms with E-state index in [9.17, 15) is 5.11 Å². The summed E-state index contributed by atoms with van der Waals surface area (Å²) >= 11 is 0. The van der Waals surface area contributed by atoms with E-state index in [-0.39, 0.29) is 17.1 Å². The third kappa shape index (κ3) is 8.61. The first kappa shape index (κ1) is 18.9. The van der Waals surface area contributed by atoms with E-state index in [2.05, 4.69) is 61.0 Å². The number of quaternary nitrogens is 1. The second kappa shape index (κ2) is 7.05. The maximum atomic E-state index is 9.91. The maximum absolute atomic E-state index is 9.91. The number of hydrogen-bond donors (Lipinski definition) is 2. The van der Waals surface area contributed by atoms with Crippen molar-refractivity contribution in [2.24, 2.45) is 5.41 Å². The van der Waals surface area contributed by atoms with E-state index in [0.717, 1.165) is 30.4 Å². The highest BCUT2D eigenvalue weighted by Crippen LogP contribution is 2.20. The Hall–Kier alpha value is -0.120. The van der Waals surface area contributed by atoms with Crippen molar-refractivity contribution >= 4 is 0 Å². The molecule has 116 valence electrons. The van der Waals surface area contributed by atoms with Crippen molar-refractivity contribution in [1.82, 2.24) is 5.32 Å². The lowest BCUT2D eigenvalue weighted by molar-refractivity contribution is -0.935. The van der Waals surface area contributed by atoms with Crippen molar-refractivity contribution in [2.45, 2.75) is 66.0 Å². The molecule has 1 unspecified atom stereocenters. The number of aliphatic hydroxyl groups excluding tert-OH is 1. The Morgan fingerprint density at radius 2 is 1.58 bits per heavy atom. The smallest absolute Gasteiger partial charge is 0.0903 e. The van der Waals surface area contributed by atoms with Gasteiger partial charge in [-0.15, -0.1) is 0 Å². The van der Waals surface area contributed by atoms with Crippen LogP contribution in [0.4, 0.5) is 0 Å². The van der Waals surface area contributed by atoms with Gasteiger partial charge < -0.3 is 14.9 Å². The molecule has 1 atom stereocenters. The van der Waals surface area contributed by atoms with E-state index in [1.165, 1.54) is 0 Å². The van der Waals surface area contributed by atoms with Crippen molar-refractivity contribution in [1.29, 1.82) is 0 Å². The fourth-order valence-electron chi connectivity index (χ4n) is 1.98. The predicted molar refractivity (Wildman–Crippen MR) is 84.3 cm³/mol. The molecule has 0 aromatic heterocycles. The van der Waals surface area contributed by atoms with Crippen LogP contribution in [0.25, 0.3) is 0 Å². The molecule has 3 heteroatoms. The first-order chi connectivity index (χ1) is 8.35. The van der Waals surface area contributed by atoms with Gasteiger partial charge in [-0.25, -0.2) is 0 Å². The summed E-state index contributed by atoms with van der Waals surface area (Å²) in [4.78, 5) is 0.